The molecule has 3 unspecified atom stereocenters. The monoisotopic (exact) mass is 235 g/mol. The van der Waals surface area contributed by atoms with Gasteiger partial charge in [-0.25, -0.2) is 4.39 Å². The molecule has 0 aliphatic heterocycles. The topological polar surface area (TPSA) is 12.0 Å². The summed E-state index contributed by atoms with van der Waals surface area (Å²) in [5, 5.41) is 3.60. The summed E-state index contributed by atoms with van der Waals surface area (Å²) in [7, 11) is 0. The fraction of sp³-hybridized carbons (Fsp3) is 0.600. The average molecular weight is 235 g/mol. The lowest BCUT2D eigenvalue weighted by Crippen LogP contribution is -2.32. The van der Waals surface area contributed by atoms with Crippen LogP contribution in [0.25, 0.3) is 0 Å². The van der Waals surface area contributed by atoms with E-state index in [9.17, 15) is 4.39 Å². The third-order valence-corrected chi connectivity index (χ3v) is 3.99. The minimum atomic E-state index is -0.111. The van der Waals surface area contributed by atoms with Crippen molar-refractivity contribution in [3.63, 3.8) is 0 Å². The first-order valence-corrected chi connectivity index (χ1v) is 6.71. The SMILES string of the molecule is CCCNC1CCC(c2cccc(F)c2)C1C. The van der Waals surface area contributed by atoms with E-state index in [0.29, 0.717) is 17.9 Å². The standard InChI is InChI=1S/C15H22FN/c1-3-9-17-15-8-7-14(11(15)2)12-5-4-6-13(16)10-12/h4-6,10-11,14-15,17H,3,7-9H2,1-2H3. The molecular weight excluding hydrogens is 213 g/mol. The van der Waals surface area contributed by atoms with Crippen molar-refractivity contribution in [3.05, 3.63) is 35.6 Å². The second kappa shape index (κ2) is 5.63. The summed E-state index contributed by atoms with van der Waals surface area (Å²) in [5.41, 5.74) is 1.17. The molecule has 1 N–H and O–H groups in total. The van der Waals surface area contributed by atoms with Gasteiger partial charge in [0.1, 0.15) is 5.82 Å². The normalized spacial score (nSPS) is 28.5. The van der Waals surface area contributed by atoms with Gasteiger partial charge in [0.2, 0.25) is 0 Å². The lowest BCUT2D eigenvalue weighted by atomic mass is 9.89. The zero-order valence-electron chi connectivity index (χ0n) is 10.7. The summed E-state index contributed by atoms with van der Waals surface area (Å²) < 4.78 is 13.2. The number of nitrogens with one attached hydrogen (secondary N) is 1. The fourth-order valence-electron chi connectivity index (χ4n) is 2.99. The van der Waals surface area contributed by atoms with Crippen LogP contribution in [-0.4, -0.2) is 12.6 Å². The van der Waals surface area contributed by atoms with Crippen molar-refractivity contribution < 1.29 is 4.39 Å². The number of benzene rings is 1. The maximum atomic E-state index is 13.2. The van der Waals surface area contributed by atoms with E-state index in [0.717, 1.165) is 6.54 Å². The van der Waals surface area contributed by atoms with Gasteiger partial charge < -0.3 is 5.32 Å². The highest BCUT2D eigenvalue weighted by molar-refractivity contribution is 5.23. The zero-order chi connectivity index (χ0) is 12.3. The van der Waals surface area contributed by atoms with Crippen LogP contribution < -0.4 is 5.32 Å². The highest BCUT2D eigenvalue weighted by Gasteiger charge is 2.33. The van der Waals surface area contributed by atoms with Gasteiger partial charge in [0.25, 0.3) is 0 Å². The van der Waals surface area contributed by atoms with Gasteiger partial charge in [0.05, 0.1) is 0 Å². The van der Waals surface area contributed by atoms with Crippen molar-refractivity contribution in [1.82, 2.24) is 5.32 Å². The molecule has 0 spiro atoms. The van der Waals surface area contributed by atoms with Gasteiger partial charge in [-0.15, -0.1) is 0 Å². The Morgan fingerprint density at radius 2 is 2.18 bits per heavy atom. The fourth-order valence-corrected chi connectivity index (χ4v) is 2.99. The van der Waals surface area contributed by atoms with Crippen LogP contribution >= 0.6 is 0 Å². The quantitative estimate of drug-likeness (QED) is 0.839. The predicted molar refractivity (Wildman–Crippen MR) is 69.6 cm³/mol. The molecule has 3 atom stereocenters. The number of hydrogen-bond donors (Lipinski definition) is 1. The van der Waals surface area contributed by atoms with Crippen LogP contribution in [0.2, 0.25) is 0 Å². The molecule has 0 aromatic heterocycles. The van der Waals surface area contributed by atoms with Crippen molar-refractivity contribution in [2.24, 2.45) is 5.92 Å². The molecule has 0 amide bonds. The Morgan fingerprint density at radius 3 is 2.88 bits per heavy atom. The van der Waals surface area contributed by atoms with E-state index in [1.807, 2.05) is 6.07 Å². The molecule has 0 bridgehead atoms. The van der Waals surface area contributed by atoms with Gasteiger partial charge in [-0.2, -0.15) is 0 Å². The molecule has 17 heavy (non-hydrogen) atoms. The molecule has 0 heterocycles. The summed E-state index contributed by atoms with van der Waals surface area (Å²) >= 11 is 0. The largest absolute Gasteiger partial charge is 0.314 e. The van der Waals surface area contributed by atoms with Gasteiger partial charge in [-0.1, -0.05) is 26.0 Å². The Labute approximate surface area is 103 Å². The van der Waals surface area contributed by atoms with Crippen LogP contribution in [-0.2, 0) is 0 Å². The van der Waals surface area contributed by atoms with E-state index < -0.39 is 0 Å². The first-order chi connectivity index (χ1) is 8.22. The Kier molecular flexibility index (Phi) is 4.16. The van der Waals surface area contributed by atoms with Crippen LogP contribution in [0, 0.1) is 11.7 Å². The molecule has 1 aliphatic carbocycles. The van der Waals surface area contributed by atoms with Gasteiger partial charge in [-0.3, -0.25) is 0 Å². The molecule has 0 saturated heterocycles. The molecule has 2 heteroatoms. The minimum Gasteiger partial charge on any atom is -0.314 e. The Morgan fingerprint density at radius 1 is 1.35 bits per heavy atom. The molecule has 0 radical (unpaired) electrons. The first kappa shape index (κ1) is 12.6. The van der Waals surface area contributed by atoms with Crippen LogP contribution in [0.1, 0.15) is 44.6 Å². The highest BCUT2D eigenvalue weighted by Crippen LogP contribution is 2.39. The van der Waals surface area contributed by atoms with Crippen molar-refractivity contribution in [2.75, 3.05) is 6.54 Å². The van der Waals surface area contributed by atoms with Crippen LogP contribution in [0.15, 0.2) is 24.3 Å². The zero-order valence-corrected chi connectivity index (χ0v) is 10.7. The summed E-state index contributed by atoms with van der Waals surface area (Å²) in [5.74, 6) is 1.00. The van der Waals surface area contributed by atoms with E-state index in [1.165, 1.54) is 30.9 Å². The Balaban J connectivity index is 2.04. The van der Waals surface area contributed by atoms with E-state index in [2.05, 4.69) is 25.2 Å². The van der Waals surface area contributed by atoms with E-state index in [4.69, 9.17) is 0 Å². The molecular formula is C15H22FN. The molecule has 1 nitrogen and oxygen atoms in total. The molecule has 1 aromatic rings. The molecule has 1 saturated carbocycles. The molecule has 1 aromatic carbocycles. The number of rotatable bonds is 4. The lowest BCUT2D eigenvalue weighted by Gasteiger charge is -2.22. The second-order valence-electron chi connectivity index (χ2n) is 5.16. The minimum absolute atomic E-state index is 0.111. The van der Waals surface area contributed by atoms with Crippen molar-refractivity contribution >= 4 is 0 Å². The maximum absolute atomic E-state index is 13.2. The predicted octanol–water partition coefficient (Wildman–Crippen LogP) is 3.71. The summed E-state index contributed by atoms with van der Waals surface area (Å²) in [6.07, 6.45) is 3.56. The van der Waals surface area contributed by atoms with E-state index in [-0.39, 0.29) is 5.82 Å². The smallest absolute Gasteiger partial charge is 0.123 e. The first-order valence-electron chi connectivity index (χ1n) is 6.71. The lowest BCUT2D eigenvalue weighted by molar-refractivity contribution is 0.404. The van der Waals surface area contributed by atoms with Gasteiger partial charge in [0.15, 0.2) is 0 Å². The maximum Gasteiger partial charge on any atom is 0.123 e. The summed E-state index contributed by atoms with van der Waals surface area (Å²) in [4.78, 5) is 0. The second-order valence-corrected chi connectivity index (χ2v) is 5.16. The van der Waals surface area contributed by atoms with Crippen molar-refractivity contribution in [1.29, 1.82) is 0 Å². The third kappa shape index (κ3) is 2.86. The molecule has 1 fully saturated rings. The Hall–Kier alpha value is -0.890. The molecule has 94 valence electrons. The van der Waals surface area contributed by atoms with Crippen LogP contribution in [0.5, 0.6) is 0 Å². The average Bonchev–Trinajstić information content (AvgIpc) is 2.68. The summed E-state index contributed by atoms with van der Waals surface area (Å²) in [6.45, 7) is 5.57. The Bertz CT molecular complexity index is 364. The molecule has 2 rings (SSSR count). The van der Waals surface area contributed by atoms with Crippen molar-refractivity contribution in [3.8, 4) is 0 Å². The van der Waals surface area contributed by atoms with Crippen molar-refractivity contribution in [2.45, 2.75) is 45.1 Å². The molecule has 1 aliphatic rings. The van der Waals surface area contributed by atoms with Crippen LogP contribution in [0.3, 0.4) is 0 Å². The van der Waals surface area contributed by atoms with Gasteiger partial charge in [-0.05, 0) is 55.3 Å². The van der Waals surface area contributed by atoms with Gasteiger partial charge >= 0.3 is 0 Å². The summed E-state index contributed by atoms with van der Waals surface area (Å²) in [6, 6.07) is 7.71. The van der Waals surface area contributed by atoms with E-state index >= 15 is 0 Å². The third-order valence-electron chi connectivity index (χ3n) is 3.99. The highest BCUT2D eigenvalue weighted by atomic mass is 19.1. The van der Waals surface area contributed by atoms with Gasteiger partial charge in [0, 0.05) is 6.04 Å². The number of halogens is 1. The number of hydrogen-bond acceptors (Lipinski definition) is 1. The van der Waals surface area contributed by atoms with E-state index in [1.54, 1.807) is 6.07 Å². The van der Waals surface area contributed by atoms with Crippen LogP contribution in [0.4, 0.5) is 4.39 Å².